The number of halogens is 2. The summed E-state index contributed by atoms with van der Waals surface area (Å²) < 4.78 is 27.9. The van der Waals surface area contributed by atoms with Gasteiger partial charge >= 0.3 is 0 Å². The van der Waals surface area contributed by atoms with Gasteiger partial charge in [-0.05, 0) is 30.3 Å². The minimum Gasteiger partial charge on any atom is -0.300 e. The molecule has 1 fully saturated rings. The lowest BCUT2D eigenvalue weighted by Crippen LogP contribution is -2.49. The van der Waals surface area contributed by atoms with E-state index in [2.05, 4.69) is 25.8 Å². The molecule has 3 rings (SSSR count). The van der Waals surface area contributed by atoms with Crippen molar-refractivity contribution in [1.29, 1.82) is 0 Å². The molecule has 1 aliphatic rings. The van der Waals surface area contributed by atoms with Crippen LogP contribution >= 0.6 is 27.5 Å². The Balaban J connectivity index is 1.59. The van der Waals surface area contributed by atoms with E-state index in [1.165, 1.54) is 4.31 Å². The number of nitrogens with zero attached hydrogens (tertiary/aromatic N) is 3. The monoisotopic (exact) mass is 443 g/mol. The molecule has 5 nitrogen and oxygen atoms in total. The van der Waals surface area contributed by atoms with Crippen LogP contribution in [0.5, 0.6) is 0 Å². The van der Waals surface area contributed by atoms with Crippen LogP contribution in [0.3, 0.4) is 0 Å². The van der Waals surface area contributed by atoms with Crippen LogP contribution in [0.1, 0.15) is 5.69 Å². The molecular formula is C17H19BrClN3O2S. The maximum Gasteiger partial charge on any atom is 0.244 e. The smallest absolute Gasteiger partial charge is 0.244 e. The van der Waals surface area contributed by atoms with Crippen molar-refractivity contribution in [2.45, 2.75) is 11.3 Å². The first-order valence-corrected chi connectivity index (χ1v) is 10.7. The van der Waals surface area contributed by atoms with E-state index < -0.39 is 10.0 Å². The molecule has 1 saturated heterocycles. The molecule has 1 aromatic heterocycles. The van der Waals surface area contributed by atoms with Crippen molar-refractivity contribution in [2.75, 3.05) is 32.7 Å². The molecular weight excluding hydrogens is 426 g/mol. The first-order valence-electron chi connectivity index (χ1n) is 8.04. The summed E-state index contributed by atoms with van der Waals surface area (Å²) in [6.45, 7) is 3.23. The number of hydrogen-bond acceptors (Lipinski definition) is 4. The summed E-state index contributed by atoms with van der Waals surface area (Å²) in [6, 6.07) is 10.8. The van der Waals surface area contributed by atoms with Crippen molar-refractivity contribution in [3.05, 3.63) is 57.8 Å². The van der Waals surface area contributed by atoms with Crippen molar-refractivity contribution in [3.8, 4) is 0 Å². The topological polar surface area (TPSA) is 53.5 Å². The molecule has 0 bridgehead atoms. The van der Waals surface area contributed by atoms with Crippen LogP contribution in [-0.4, -0.2) is 55.3 Å². The van der Waals surface area contributed by atoms with E-state index in [9.17, 15) is 8.42 Å². The maximum absolute atomic E-state index is 12.8. The van der Waals surface area contributed by atoms with Crippen molar-refractivity contribution < 1.29 is 8.42 Å². The highest BCUT2D eigenvalue weighted by atomic mass is 79.9. The van der Waals surface area contributed by atoms with Crippen molar-refractivity contribution >= 4 is 37.6 Å². The fourth-order valence-corrected chi connectivity index (χ4v) is 5.27. The number of rotatable bonds is 5. The summed E-state index contributed by atoms with van der Waals surface area (Å²) >= 11 is 9.43. The number of sulfonamides is 1. The number of aromatic nitrogens is 1. The van der Waals surface area contributed by atoms with E-state index in [1.54, 1.807) is 24.4 Å². The molecule has 134 valence electrons. The third-order valence-corrected chi connectivity index (χ3v) is 7.13. The largest absolute Gasteiger partial charge is 0.300 e. The molecule has 0 amide bonds. The fourth-order valence-electron chi connectivity index (χ4n) is 2.84. The predicted octanol–water partition coefficient (Wildman–Crippen LogP) is 3.05. The molecule has 0 atom stereocenters. The van der Waals surface area contributed by atoms with Crippen molar-refractivity contribution in [3.63, 3.8) is 0 Å². The quantitative estimate of drug-likeness (QED) is 0.711. The summed E-state index contributed by atoms with van der Waals surface area (Å²) in [4.78, 5) is 6.76. The van der Waals surface area contributed by atoms with Crippen LogP contribution in [-0.2, 0) is 16.4 Å². The second kappa shape index (κ2) is 8.14. The molecule has 0 spiro atoms. The zero-order chi connectivity index (χ0) is 17.9. The van der Waals surface area contributed by atoms with Gasteiger partial charge in [-0.2, -0.15) is 4.31 Å². The molecule has 0 aliphatic carbocycles. The third-order valence-electron chi connectivity index (χ3n) is 4.25. The molecule has 8 heteroatoms. The lowest BCUT2D eigenvalue weighted by atomic mass is 10.2. The van der Waals surface area contributed by atoms with Crippen LogP contribution in [0.25, 0.3) is 0 Å². The molecule has 0 radical (unpaired) electrons. The number of hydrogen-bond donors (Lipinski definition) is 0. The zero-order valence-corrected chi connectivity index (χ0v) is 16.8. The fraction of sp³-hybridized carbons (Fsp3) is 0.353. The van der Waals surface area contributed by atoms with Gasteiger partial charge in [-0.1, -0.05) is 33.6 Å². The second-order valence-corrected chi connectivity index (χ2v) is 9.12. The van der Waals surface area contributed by atoms with Gasteiger partial charge in [0.2, 0.25) is 10.0 Å². The molecule has 0 saturated carbocycles. The minimum atomic E-state index is -3.56. The van der Waals surface area contributed by atoms with Crippen molar-refractivity contribution in [1.82, 2.24) is 14.2 Å². The average Bonchev–Trinajstić information content (AvgIpc) is 2.61. The summed E-state index contributed by atoms with van der Waals surface area (Å²) in [7, 11) is -3.56. The number of piperazine rings is 1. The van der Waals surface area contributed by atoms with Gasteiger partial charge in [0.05, 0.1) is 5.02 Å². The maximum atomic E-state index is 12.8. The Hall–Kier alpha value is -0.990. The lowest BCUT2D eigenvalue weighted by molar-refractivity contribution is 0.190. The average molecular weight is 445 g/mol. The van der Waals surface area contributed by atoms with Crippen LogP contribution in [0.15, 0.2) is 52.0 Å². The standard InChI is InChI=1S/C17H19BrClN3O2S/c18-14-4-5-17(16(19)13-14)25(23,24)22-11-9-21(10-12-22)8-6-15-3-1-2-7-20-15/h1-5,7,13H,6,8-12H2. The highest BCUT2D eigenvalue weighted by molar-refractivity contribution is 9.10. The summed E-state index contributed by atoms with van der Waals surface area (Å²) in [5.41, 5.74) is 1.05. The molecule has 2 heterocycles. The van der Waals surface area contributed by atoms with Gasteiger partial charge in [-0.3, -0.25) is 4.98 Å². The molecule has 2 aromatic rings. The SMILES string of the molecule is O=S(=O)(c1ccc(Br)cc1Cl)N1CCN(CCc2ccccn2)CC1. The number of pyridine rings is 1. The van der Waals surface area contributed by atoms with Gasteiger partial charge in [0.1, 0.15) is 4.90 Å². The van der Waals surface area contributed by atoms with E-state index in [0.717, 1.165) is 23.1 Å². The van der Waals surface area contributed by atoms with E-state index >= 15 is 0 Å². The Morgan fingerprint density at radius 3 is 2.52 bits per heavy atom. The Bertz CT molecular complexity index is 825. The Labute approximate surface area is 161 Å². The van der Waals surface area contributed by atoms with E-state index in [-0.39, 0.29) is 9.92 Å². The Kier molecular flexibility index (Phi) is 6.12. The summed E-state index contributed by atoms with van der Waals surface area (Å²) in [5.74, 6) is 0. The van der Waals surface area contributed by atoms with E-state index in [0.29, 0.717) is 26.2 Å². The molecule has 0 N–H and O–H groups in total. The molecule has 1 aliphatic heterocycles. The van der Waals surface area contributed by atoms with Gasteiger partial charge in [0, 0.05) is 55.5 Å². The second-order valence-electron chi connectivity index (χ2n) is 5.89. The summed E-state index contributed by atoms with van der Waals surface area (Å²) in [6.07, 6.45) is 2.66. The van der Waals surface area contributed by atoms with E-state index in [4.69, 9.17) is 11.6 Å². The first-order chi connectivity index (χ1) is 12.0. The zero-order valence-electron chi connectivity index (χ0n) is 13.6. The first kappa shape index (κ1) is 18.8. The third kappa shape index (κ3) is 4.60. The molecule has 25 heavy (non-hydrogen) atoms. The van der Waals surface area contributed by atoms with Gasteiger partial charge in [0.25, 0.3) is 0 Å². The highest BCUT2D eigenvalue weighted by Crippen LogP contribution is 2.28. The number of benzene rings is 1. The van der Waals surface area contributed by atoms with Crippen LogP contribution in [0.4, 0.5) is 0 Å². The Morgan fingerprint density at radius 1 is 1.12 bits per heavy atom. The van der Waals surface area contributed by atoms with Crippen LogP contribution in [0.2, 0.25) is 5.02 Å². The van der Waals surface area contributed by atoms with Gasteiger partial charge in [0.15, 0.2) is 0 Å². The van der Waals surface area contributed by atoms with Crippen molar-refractivity contribution in [2.24, 2.45) is 0 Å². The summed E-state index contributed by atoms with van der Waals surface area (Å²) in [5, 5.41) is 0.243. The van der Waals surface area contributed by atoms with Gasteiger partial charge < -0.3 is 4.90 Å². The highest BCUT2D eigenvalue weighted by Gasteiger charge is 2.29. The lowest BCUT2D eigenvalue weighted by Gasteiger charge is -2.34. The molecule has 0 unspecified atom stereocenters. The van der Waals surface area contributed by atoms with E-state index in [1.807, 2.05) is 18.2 Å². The van der Waals surface area contributed by atoms with Gasteiger partial charge in [-0.15, -0.1) is 0 Å². The van der Waals surface area contributed by atoms with Crippen LogP contribution < -0.4 is 0 Å². The van der Waals surface area contributed by atoms with Gasteiger partial charge in [-0.25, -0.2) is 8.42 Å². The molecule has 1 aromatic carbocycles. The van der Waals surface area contributed by atoms with Crippen LogP contribution in [0, 0.1) is 0 Å². The Morgan fingerprint density at radius 2 is 1.88 bits per heavy atom. The minimum absolute atomic E-state index is 0.166. The predicted molar refractivity (Wildman–Crippen MR) is 102 cm³/mol. The normalized spacial score (nSPS) is 16.9.